The second-order valence-electron chi connectivity index (χ2n) is 5.43. The number of hydrogen-bond donors (Lipinski definition) is 0. The van der Waals surface area contributed by atoms with Gasteiger partial charge in [-0.05, 0) is 19.5 Å². The molecule has 96 valence electrons. The first-order valence-corrected chi connectivity index (χ1v) is 6.75. The van der Waals surface area contributed by atoms with E-state index in [4.69, 9.17) is 0 Å². The van der Waals surface area contributed by atoms with Crippen molar-refractivity contribution >= 4 is 0 Å². The standard InChI is InChI=1S/C13H29N3/c1-5-15-8-10-16(11-9-15)7-6-14(4)12-13(2)3/h13H,5-12H2,1-4H3. The van der Waals surface area contributed by atoms with Crippen molar-refractivity contribution < 1.29 is 0 Å². The van der Waals surface area contributed by atoms with Crippen LogP contribution in [0.4, 0.5) is 0 Å². The Bertz CT molecular complexity index is 174. The number of rotatable bonds is 6. The molecule has 0 bridgehead atoms. The van der Waals surface area contributed by atoms with Gasteiger partial charge < -0.3 is 9.80 Å². The maximum Gasteiger partial charge on any atom is 0.0110 e. The van der Waals surface area contributed by atoms with Crippen molar-refractivity contribution in [2.45, 2.75) is 20.8 Å². The fraction of sp³-hybridized carbons (Fsp3) is 1.00. The summed E-state index contributed by atoms with van der Waals surface area (Å²) in [5, 5.41) is 0. The molecule has 0 atom stereocenters. The van der Waals surface area contributed by atoms with E-state index in [0.717, 1.165) is 5.92 Å². The molecule has 3 nitrogen and oxygen atoms in total. The molecule has 1 aliphatic heterocycles. The quantitative estimate of drug-likeness (QED) is 0.675. The van der Waals surface area contributed by atoms with E-state index in [2.05, 4.69) is 42.5 Å². The Kier molecular flexibility index (Phi) is 6.32. The van der Waals surface area contributed by atoms with Gasteiger partial charge >= 0.3 is 0 Å². The Hall–Kier alpha value is -0.120. The maximum atomic E-state index is 2.60. The lowest BCUT2D eigenvalue weighted by atomic mass is 10.2. The van der Waals surface area contributed by atoms with Crippen LogP contribution in [0.3, 0.4) is 0 Å². The Morgan fingerprint density at radius 3 is 2.12 bits per heavy atom. The van der Waals surface area contributed by atoms with Gasteiger partial charge in [0.05, 0.1) is 0 Å². The summed E-state index contributed by atoms with van der Waals surface area (Å²) in [6.45, 7) is 16.7. The Morgan fingerprint density at radius 2 is 1.62 bits per heavy atom. The lowest BCUT2D eigenvalue weighted by Crippen LogP contribution is -2.48. The molecule has 0 aromatic heterocycles. The number of nitrogens with zero attached hydrogens (tertiary/aromatic N) is 3. The van der Waals surface area contributed by atoms with Crippen molar-refractivity contribution in [3.05, 3.63) is 0 Å². The van der Waals surface area contributed by atoms with Crippen molar-refractivity contribution in [3.63, 3.8) is 0 Å². The Morgan fingerprint density at radius 1 is 1.06 bits per heavy atom. The van der Waals surface area contributed by atoms with Gasteiger partial charge in [-0.3, -0.25) is 4.90 Å². The topological polar surface area (TPSA) is 9.72 Å². The molecule has 16 heavy (non-hydrogen) atoms. The zero-order valence-corrected chi connectivity index (χ0v) is 11.6. The summed E-state index contributed by atoms with van der Waals surface area (Å²) in [4.78, 5) is 7.59. The van der Waals surface area contributed by atoms with E-state index in [1.54, 1.807) is 0 Å². The van der Waals surface area contributed by atoms with Gasteiger partial charge in [-0.25, -0.2) is 0 Å². The molecule has 0 saturated carbocycles. The molecular weight excluding hydrogens is 198 g/mol. The van der Waals surface area contributed by atoms with Crippen LogP contribution in [0, 0.1) is 5.92 Å². The van der Waals surface area contributed by atoms with Crippen molar-refractivity contribution in [3.8, 4) is 0 Å². The fourth-order valence-electron chi connectivity index (χ4n) is 2.36. The third-order valence-electron chi connectivity index (χ3n) is 3.39. The van der Waals surface area contributed by atoms with Crippen LogP contribution in [0.1, 0.15) is 20.8 Å². The second kappa shape index (κ2) is 7.25. The predicted molar refractivity (Wildman–Crippen MR) is 70.9 cm³/mol. The highest BCUT2D eigenvalue weighted by atomic mass is 15.3. The summed E-state index contributed by atoms with van der Waals surface area (Å²) in [6.07, 6.45) is 0. The molecule has 0 aromatic rings. The van der Waals surface area contributed by atoms with Gasteiger partial charge in [0.15, 0.2) is 0 Å². The first-order chi connectivity index (χ1) is 7.61. The molecule has 0 unspecified atom stereocenters. The summed E-state index contributed by atoms with van der Waals surface area (Å²) >= 11 is 0. The monoisotopic (exact) mass is 227 g/mol. The highest BCUT2D eigenvalue weighted by Crippen LogP contribution is 2.02. The highest BCUT2D eigenvalue weighted by molar-refractivity contribution is 4.71. The number of hydrogen-bond acceptors (Lipinski definition) is 3. The summed E-state index contributed by atoms with van der Waals surface area (Å²) in [7, 11) is 2.24. The van der Waals surface area contributed by atoms with Gasteiger partial charge in [-0.1, -0.05) is 20.8 Å². The molecule has 0 N–H and O–H groups in total. The average Bonchev–Trinajstić information content (AvgIpc) is 2.26. The summed E-state index contributed by atoms with van der Waals surface area (Å²) in [5.74, 6) is 0.780. The van der Waals surface area contributed by atoms with E-state index < -0.39 is 0 Å². The summed E-state index contributed by atoms with van der Waals surface area (Å²) in [6, 6.07) is 0. The largest absolute Gasteiger partial charge is 0.305 e. The van der Waals surface area contributed by atoms with Crippen LogP contribution in [0.15, 0.2) is 0 Å². The fourth-order valence-corrected chi connectivity index (χ4v) is 2.36. The first-order valence-electron chi connectivity index (χ1n) is 6.75. The minimum atomic E-state index is 0.780. The average molecular weight is 227 g/mol. The number of likely N-dealkylation sites (N-methyl/N-ethyl adjacent to an activating group) is 2. The molecule has 1 aliphatic rings. The van der Waals surface area contributed by atoms with E-state index in [0.29, 0.717) is 0 Å². The van der Waals surface area contributed by atoms with Gasteiger partial charge in [-0.2, -0.15) is 0 Å². The molecule has 1 heterocycles. The van der Waals surface area contributed by atoms with Crippen LogP contribution in [0.5, 0.6) is 0 Å². The van der Waals surface area contributed by atoms with Crippen molar-refractivity contribution in [1.29, 1.82) is 0 Å². The zero-order chi connectivity index (χ0) is 12.0. The molecule has 0 aliphatic carbocycles. The van der Waals surface area contributed by atoms with E-state index in [9.17, 15) is 0 Å². The molecular formula is C13H29N3. The minimum Gasteiger partial charge on any atom is -0.305 e. The Labute approximate surface area is 101 Å². The van der Waals surface area contributed by atoms with Gasteiger partial charge in [0.25, 0.3) is 0 Å². The van der Waals surface area contributed by atoms with E-state index >= 15 is 0 Å². The molecule has 0 amide bonds. The predicted octanol–water partition coefficient (Wildman–Crippen LogP) is 1.21. The minimum absolute atomic E-state index is 0.780. The third kappa shape index (κ3) is 5.28. The van der Waals surface area contributed by atoms with E-state index in [1.165, 1.54) is 52.4 Å². The normalized spacial score (nSPS) is 19.9. The van der Waals surface area contributed by atoms with Crippen LogP contribution in [-0.4, -0.2) is 74.1 Å². The molecule has 0 spiro atoms. The molecule has 3 heteroatoms. The van der Waals surface area contributed by atoms with Gasteiger partial charge in [0.2, 0.25) is 0 Å². The maximum absolute atomic E-state index is 2.60. The van der Waals surface area contributed by atoms with Crippen molar-refractivity contribution in [2.75, 3.05) is 59.4 Å². The van der Waals surface area contributed by atoms with Gasteiger partial charge in [0.1, 0.15) is 0 Å². The zero-order valence-electron chi connectivity index (χ0n) is 11.6. The van der Waals surface area contributed by atoms with Crippen molar-refractivity contribution in [1.82, 2.24) is 14.7 Å². The molecule has 0 radical (unpaired) electrons. The third-order valence-corrected chi connectivity index (χ3v) is 3.39. The lowest BCUT2D eigenvalue weighted by Gasteiger charge is -2.35. The molecule has 1 saturated heterocycles. The van der Waals surface area contributed by atoms with Gasteiger partial charge in [-0.15, -0.1) is 0 Å². The summed E-state index contributed by atoms with van der Waals surface area (Å²) < 4.78 is 0. The highest BCUT2D eigenvalue weighted by Gasteiger charge is 2.15. The molecule has 0 aromatic carbocycles. The lowest BCUT2D eigenvalue weighted by molar-refractivity contribution is 0.125. The summed E-state index contributed by atoms with van der Waals surface area (Å²) in [5.41, 5.74) is 0. The molecule has 1 fully saturated rings. The van der Waals surface area contributed by atoms with Crippen molar-refractivity contribution in [2.24, 2.45) is 5.92 Å². The molecule has 1 rings (SSSR count). The van der Waals surface area contributed by atoms with Crippen LogP contribution < -0.4 is 0 Å². The van der Waals surface area contributed by atoms with E-state index in [-0.39, 0.29) is 0 Å². The van der Waals surface area contributed by atoms with Crippen LogP contribution >= 0.6 is 0 Å². The second-order valence-corrected chi connectivity index (χ2v) is 5.43. The van der Waals surface area contributed by atoms with Crippen LogP contribution in [-0.2, 0) is 0 Å². The van der Waals surface area contributed by atoms with Gasteiger partial charge in [0, 0.05) is 45.8 Å². The SMILES string of the molecule is CCN1CCN(CCN(C)CC(C)C)CC1. The smallest absolute Gasteiger partial charge is 0.0110 e. The van der Waals surface area contributed by atoms with E-state index in [1.807, 2.05) is 0 Å². The van der Waals surface area contributed by atoms with Crippen LogP contribution in [0.2, 0.25) is 0 Å². The Balaban J connectivity index is 2.10. The first kappa shape index (κ1) is 13.9. The number of piperazine rings is 1. The van der Waals surface area contributed by atoms with Crippen LogP contribution in [0.25, 0.3) is 0 Å².